The smallest absolute Gasteiger partial charge is 0.199 e. The molecule has 1 aliphatic heterocycles. The molecule has 1 aromatic rings. The molecule has 1 N–H and O–H groups in total. The van der Waals surface area contributed by atoms with Crippen molar-refractivity contribution in [2.24, 2.45) is 4.99 Å². The van der Waals surface area contributed by atoms with Gasteiger partial charge in [0.2, 0.25) is 0 Å². The van der Waals surface area contributed by atoms with Crippen LogP contribution in [0.4, 0.5) is 5.69 Å². The van der Waals surface area contributed by atoms with Gasteiger partial charge in [-0.25, -0.2) is 4.99 Å². The maximum absolute atomic E-state index is 4.62. The Hall–Kier alpha value is -1.51. The number of unbranched alkanes of at least 4 members (excludes halogenated alkanes) is 1. The Morgan fingerprint density at radius 2 is 2.12 bits per heavy atom. The van der Waals surface area contributed by atoms with Crippen molar-refractivity contribution in [1.29, 1.82) is 0 Å². The molecule has 1 saturated heterocycles. The zero-order chi connectivity index (χ0) is 11.2. The lowest BCUT2D eigenvalue weighted by Gasteiger charge is -2.16. The fraction of sp³-hybridized carbons (Fsp3) is 0.462. The van der Waals surface area contributed by atoms with E-state index in [9.17, 15) is 0 Å². The molecular formula is C13H19N3. The highest BCUT2D eigenvalue weighted by Crippen LogP contribution is 2.12. The first kappa shape index (κ1) is 11.0. The molecular weight excluding hydrogens is 198 g/mol. The predicted octanol–water partition coefficient (Wildman–Crippen LogP) is 2.38. The predicted molar refractivity (Wildman–Crippen MR) is 68.0 cm³/mol. The summed E-state index contributed by atoms with van der Waals surface area (Å²) in [5.41, 5.74) is 1.02. The summed E-state index contributed by atoms with van der Waals surface area (Å²) in [5, 5.41) is 3.34. The molecule has 0 aromatic heterocycles. The van der Waals surface area contributed by atoms with E-state index in [4.69, 9.17) is 0 Å². The van der Waals surface area contributed by atoms with Crippen LogP contribution in [0, 0.1) is 0 Å². The summed E-state index contributed by atoms with van der Waals surface area (Å²) >= 11 is 0. The summed E-state index contributed by atoms with van der Waals surface area (Å²) in [4.78, 5) is 6.95. The number of aliphatic imine (C=N–C) groups is 1. The first-order chi connectivity index (χ1) is 7.90. The molecule has 3 heteroatoms. The monoisotopic (exact) mass is 217 g/mol. The molecule has 0 amide bonds. The average Bonchev–Trinajstić information content (AvgIpc) is 2.75. The molecule has 16 heavy (non-hydrogen) atoms. The molecule has 0 bridgehead atoms. The third-order valence-electron chi connectivity index (χ3n) is 2.74. The Morgan fingerprint density at radius 1 is 1.31 bits per heavy atom. The Bertz CT molecular complexity index is 345. The highest BCUT2D eigenvalue weighted by molar-refractivity contribution is 5.84. The van der Waals surface area contributed by atoms with E-state index in [2.05, 4.69) is 22.1 Å². The highest BCUT2D eigenvalue weighted by Gasteiger charge is 2.16. The van der Waals surface area contributed by atoms with E-state index >= 15 is 0 Å². The second kappa shape index (κ2) is 5.54. The Balaban J connectivity index is 2.04. The molecule has 0 spiro atoms. The van der Waals surface area contributed by atoms with Crippen molar-refractivity contribution in [3.63, 3.8) is 0 Å². The maximum Gasteiger partial charge on any atom is 0.199 e. The van der Waals surface area contributed by atoms with E-state index in [0.29, 0.717) is 0 Å². The van der Waals surface area contributed by atoms with Crippen LogP contribution in [0.1, 0.15) is 19.8 Å². The zero-order valence-corrected chi connectivity index (χ0v) is 9.82. The van der Waals surface area contributed by atoms with Crippen molar-refractivity contribution >= 4 is 11.6 Å². The third kappa shape index (κ3) is 2.75. The normalized spacial score (nSPS) is 17.8. The van der Waals surface area contributed by atoms with E-state index in [1.165, 1.54) is 12.8 Å². The van der Waals surface area contributed by atoms with Crippen LogP contribution in [-0.4, -0.2) is 30.5 Å². The standard InChI is InChI=1S/C13H19N3/c1-2-3-10-16-11-9-14-13(16)15-12-7-5-4-6-8-12/h4-8H,2-3,9-11H2,1H3,(H,14,15). The topological polar surface area (TPSA) is 27.6 Å². The molecule has 0 unspecified atom stereocenters. The minimum absolute atomic E-state index is 1.01. The van der Waals surface area contributed by atoms with E-state index < -0.39 is 0 Å². The van der Waals surface area contributed by atoms with Gasteiger partial charge in [-0.1, -0.05) is 31.5 Å². The minimum Gasteiger partial charge on any atom is -0.354 e. The van der Waals surface area contributed by atoms with Gasteiger partial charge in [-0.3, -0.25) is 0 Å². The molecule has 1 heterocycles. The highest BCUT2D eigenvalue weighted by atomic mass is 15.3. The van der Waals surface area contributed by atoms with Crippen LogP contribution in [0.3, 0.4) is 0 Å². The van der Waals surface area contributed by atoms with Crippen LogP contribution in [0.25, 0.3) is 0 Å². The van der Waals surface area contributed by atoms with Crippen molar-refractivity contribution in [3.8, 4) is 0 Å². The molecule has 0 saturated carbocycles. The summed E-state index contributed by atoms with van der Waals surface area (Å²) in [5.74, 6) is 1.03. The summed E-state index contributed by atoms with van der Waals surface area (Å²) < 4.78 is 0. The lowest BCUT2D eigenvalue weighted by atomic mass is 10.3. The van der Waals surface area contributed by atoms with Gasteiger partial charge in [0.25, 0.3) is 0 Å². The van der Waals surface area contributed by atoms with Crippen molar-refractivity contribution in [2.75, 3.05) is 19.6 Å². The summed E-state index contributed by atoms with van der Waals surface area (Å²) in [7, 11) is 0. The van der Waals surface area contributed by atoms with E-state index in [1.807, 2.05) is 30.3 Å². The number of rotatable bonds is 4. The molecule has 0 radical (unpaired) electrons. The van der Waals surface area contributed by atoms with Crippen molar-refractivity contribution in [1.82, 2.24) is 10.2 Å². The Kier molecular flexibility index (Phi) is 3.81. The Labute approximate surface area is 97.2 Å². The van der Waals surface area contributed by atoms with Crippen LogP contribution in [0.15, 0.2) is 35.3 Å². The second-order valence-corrected chi connectivity index (χ2v) is 4.04. The third-order valence-corrected chi connectivity index (χ3v) is 2.74. The number of para-hydroxylation sites is 1. The zero-order valence-electron chi connectivity index (χ0n) is 9.82. The second-order valence-electron chi connectivity index (χ2n) is 4.04. The summed E-state index contributed by atoms with van der Waals surface area (Å²) in [6, 6.07) is 10.1. The van der Waals surface area contributed by atoms with E-state index in [-0.39, 0.29) is 0 Å². The quantitative estimate of drug-likeness (QED) is 0.838. The van der Waals surface area contributed by atoms with Gasteiger partial charge >= 0.3 is 0 Å². The van der Waals surface area contributed by atoms with Crippen molar-refractivity contribution < 1.29 is 0 Å². The largest absolute Gasteiger partial charge is 0.354 e. The lowest BCUT2D eigenvalue weighted by molar-refractivity contribution is 0.447. The van der Waals surface area contributed by atoms with Crippen LogP contribution in [0.5, 0.6) is 0 Å². The molecule has 86 valence electrons. The number of nitrogens with one attached hydrogen (secondary N) is 1. The lowest BCUT2D eigenvalue weighted by Crippen LogP contribution is -2.30. The first-order valence-electron chi connectivity index (χ1n) is 6.02. The first-order valence-corrected chi connectivity index (χ1v) is 6.02. The number of hydrogen-bond acceptors (Lipinski definition) is 1. The van der Waals surface area contributed by atoms with Crippen molar-refractivity contribution in [2.45, 2.75) is 19.8 Å². The van der Waals surface area contributed by atoms with E-state index in [0.717, 1.165) is 31.3 Å². The molecule has 1 fully saturated rings. The summed E-state index contributed by atoms with van der Waals surface area (Å²) in [6.07, 6.45) is 2.46. The van der Waals surface area contributed by atoms with Crippen LogP contribution in [0.2, 0.25) is 0 Å². The van der Waals surface area contributed by atoms with Gasteiger partial charge in [-0.15, -0.1) is 0 Å². The number of hydrogen-bond donors (Lipinski definition) is 1. The van der Waals surface area contributed by atoms with Gasteiger partial charge in [0, 0.05) is 19.6 Å². The van der Waals surface area contributed by atoms with Crippen LogP contribution in [-0.2, 0) is 0 Å². The molecule has 2 rings (SSSR count). The fourth-order valence-corrected chi connectivity index (χ4v) is 1.82. The maximum atomic E-state index is 4.62. The molecule has 0 aliphatic carbocycles. The Morgan fingerprint density at radius 3 is 2.88 bits per heavy atom. The average molecular weight is 217 g/mol. The number of guanidine groups is 1. The van der Waals surface area contributed by atoms with Gasteiger partial charge in [-0.2, -0.15) is 0 Å². The van der Waals surface area contributed by atoms with Crippen LogP contribution < -0.4 is 5.32 Å². The number of benzene rings is 1. The molecule has 3 nitrogen and oxygen atoms in total. The molecule has 0 atom stereocenters. The van der Waals surface area contributed by atoms with Crippen molar-refractivity contribution in [3.05, 3.63) is 30.3 Å². The molecule has 1 aliphatic rings. The van der Waals surface area contributed by atoms with Gasteiger partial charge in [-0.05, 0) is 18.6 Å². The summed E-state index contributed by atoms with van der Waals surface area (Å²) in [6.45, 7) is 5.41. The van der Waals surface area contributed by atoms with E-state index in [1.54, 1.807) is 0 Å². The van der Waals surface area contributed by atoms with Gasteiger partial charge in [0.1, 0.15) is 0 Å². The SMILES string of the molecule is CCCCN1CCNC1=Nc1ccccc1. The number of nitrogens with zero attached hydrogens (tertiary/aromatic N) is 2. The van der Waals surface area contributed by atoms with Crippen LogP contribution >= 0.6 is 0 Å². The minimum atomic E-state index is 1.01. The molecule has 1 aromatic carbocycles. The van der Waals surface area contributed by atoms with Gasteiger partial charge in [0.05, 0.1) is 5.69 Å². The van der Waals surface area contributed by atoms with Gasteiger partial charge < -0.3 is 10.2 Å². The van der Waals surface area contributed by atoms with Gasteiger partial charge in [0.15, 0.2) is 5.96 Å². The fourth-order valence-electron chi connectivity index (χ4n) is 1.82.